The molecule has 0 atom stereocenters. The molecule has 2 aromatic carbocycles. The maximum absolute atomic E-state index is 13.3. The van der Waals surface area contributed by atoms with Crippen LogP contribution in [-0.4, -0.2) is 63.3 Å². The first-order valence-electron chi connectivity index (χ1n) is 9.25. The number of halogens is 1. The van der Waals surface area contributed by atoms with E-state index >= 15 is 0 Å². The summed E-state index contributed by atoms with van der Waals surface area (Å²) < 4.78 is 28.6. The van der Waals surface area contributed by atoms with Gasteiger partial charge >= 0.3 is 0 Å². The fourth-order valence-corrected chi connectivity index (χ4v) is 4.80. The molecule has 1 aliphatic rings. The third-order valence-corrected chi connectivity index (χ3v) is 7.27. The lowest BCUT2D eigenvalue weighted by Gasteiger charge is -2.32. The first-order valence-corrected chi connectivity index (χ1v) is 11.5. The van der Waals surface area contributed by atoms with E-state index in [1.54, 1.807) is 29.2 Å². The highest BCUT2D eigenvalue weighted by molar-refractivity contribution is 9.10. The summed E-state index contributed by atoms with van der Waals surface area (Å²) in [5, 5.41) is 0. The zero-order valence-electron chi connectivity index (χ0n) is 15.8. The summed E-state index contributed by atoms with van der Waals surface area (Å²) in [6, 6.07) is 15.9. The van der Waals surface area contributed by atoms with Gasteiger partial charge in [0, 0.05) is 11.0 Å². The average molecular weight is 467 g/mol. The molecule has 0 aromatic heterocycles. The second-order valence-electron chi connectivity index (χ2n) is 7.05. The Morgan fingerprint density at radius 3 is 2.29 bits per heavy atom. The monoisotopic (exact) mass is 466 g/mol. The van der Waals surface area contributed by atoms with Crippen LogP contribution in [-0.2, 0) is 21.4 Å². The summed E-state index contributed by atoms with van der Waals surface area (Å²) in [6.45, 7) is 3.06. The molecule has 1 N–H and O–H groups in total. The van der Waals surface area contributed by atoms with Crippen molar-refractivity contribution < 1.29 is 18.1 Å². The molecule has 8 heteroatoms. The van der Waals surface area contributed by atoms with E-state index in [0.29, 0.717) is 13.1 Å². The minimum atomic E-state index is -3.80. The minimum absolute atomic E-state index is 0.149. The smallest absolute Gasteiger partial charge is 0.243 e. The Morgan fingerprint density at radius 2 is 1.68 bits per heavy atom. The van der Waals surface area contributed by atoms with Gasteiger partial charge in [0.05, 0.1) is 44.7 Å². The highest BCUT2D eigenvalue weighted by Gasteiger charge is 2.30. The quantitative estimate of drug-likeness (QED) is 0.690. The number of quaternary nitrogens is 1. The van der Waals surface area contributed by atoms with E-state index in [2.05, 4.69) is 23.0 Å². The molecule has 0 unspecified atom stereocenters. The van der Waals surface area contributed by atoms with Gasteiger partial charge in [0.25, 0.3) is 0 Å². The Kier molecular flexibility index (Phi) is 6.87. The van der Waals surface area contributed by atoms with Crippen LogP contribution in [0.1, 0.15) is 5.56 Å². The number of rotatable bonds is 6. The summed E-state index contributed by atoms with van der Waals surface area (Å²) in [6.07, 6.45) is 0. The lowest BCUT2D eigenvalue weighted by molar-refractivity contribution is -0.883. The topological polar surface area (TPSA) is 62.1 Å². The van der Waals surface area contributed by atoms with Crippen LogP contribution < -0.4 is 4.90 Å². The number of sulfonamides is 1. The fraction of sp³-hybridized carbons (Fsp3) is 0.350. The fourth-order valence-electron chi connectivity index (χ4n) is 3.16. The molecular formula is C20H25BrN3O3S+. The highest BCUT2D eigenvalue weighted by atomic mass is 79.9. The molecule has 1 fully saturated rings. The first kappa shape index (κ1) is 21.0. The zero-order chi connectivity index (χ0) is 20.1. The summed E-state index contributed by atoms with van der Waals surface area (Å²) >= 11 is 3.33. The average Bonchev–Trinajstić information content (AvgIpc) is 2.69. The Labute approximate surface area is 174 Å². The van der Waals surface area contributed by atoms with Gasteiger partial charge in [-0.25, -0.2) is 8.42 Å². The molecule has 6 nitrogen and oxygen atoms in total. The molecule has 0 spiro atoms. The molecular weight excluding hydrogens is 442 g/mol. The summed E-state index contributed by atoms with van der Waals surface area (Å²) in [4.78, 5) is 16.2. The third-order valence-electron chi connectivity index (χ3n) is 4.93. The van der Waals surface area contributed by atoms with E-state index in [-0.39, 0.29) is 23.9 Å². The van der Waals surface area contributed by atoms with Gasteiger partial charge in [-0.2, -0.15) is 4.31 Å². The second kappa shape index (κ2) is 9.17. The Morgan fingerprint density at radius 1 is 1.07 bits per heavy atom. The molecule has 1 aliphatic heterocycles. The van der Waals surface area contributed by atoms with Gasteiger partial charge in [0.2, 0.25) is 15.9 Å². The molecule has 0 saturated carbocycles. The molecule has 0 aliphatic carbocycles. The predicted molar refractivity (Wildman–Crippen MR) is 111 cm³/mol. The predicted octanol–water partition coefficient (Wildman–Crippen LogP) is 0.997. The van der Waals surface area contributed by atoms with E-state index < -0.39 is 10.0 Å². The van der Waals surface area contributed by atoms with Gasteiger partial charge in [0.15, 0.2) is 0 Å². The molecule has 1 heterocycles. The summed E-state index contributed by atoms with van der Waals surface area (Å²) in [5.41, 5.74) is 0.846. The maximum Gasteiger partial charge on any atom is 0.243 e. The SMILES string of the molecule is C[NH+]1CCN(C(=O)CN(Cc2ccccc2)S(=O)(=O)c2ccc(Br)cc2)CC1. The molecule has 1 amide bonds. The van der Waals surface area contributed by atoms with Crippen LogP contribution in [0.4, 0.5) is 0 Å². The van der Waals surface area contributed by atoms with Gasteiger partial charge < -0.3 is 9.80 Å². The number of hydrogen-bond donors (Lipinski definition) is 1. The Balaban J connectivity index is 1.84. The third kappa shape index (κ3) is 5.20. The standard InChI is InChI=1S/C20H24BrN3O3S/c1-22-11-13-23(14-12-22)20(25)16-24(15-17-5-3-2-4-6-17)28(26,27)19-9-7-18(21)8-10-19/h2-10H,11-16H2,1H3/p+1. The maximum atomic E-state index is 13.3. The van der Waals surface area contributed by atoms with Crippen molar-refractivity contribution in [3.63, 3.8) is 0 Å². The van der Waals surface area contributed by atoms with Crippen LogP contribution in [0.3, 0.4) is 0 Å². The van der Waals surface area contributed by atoms with E-state index in [4.69, 9.17) is 0 Å². The zero-order valence-corrected chi connectivity index (χ0v) is 18.2. The van der Waals surface area contributed by atoms with E-state index in [0.717, 1.165) is 23.1 Å². The highest BCUT2D eigenvalue weighted by Crippen LogP contribution is 2.21. The van der Waals surface area contributed by atoms with Gasteiger partial charge in [-0.15, -0.1) is 0 Å². The van der Waals surface area contributed by atoms with Crippen LogP contribution in [0.15, 0.2) is 64.0 Å². The number of nitrogens with zero attached hydrogens (tertiary/aromatic N) is 2. The first-order chi connectivity index (χ1) is 13.4. The normalized spacial score (nSPS) is 15.8. The van der Waals surface area contributed by atoms with Crippen LogP contribution in [0.5, 0.6) is 0 Å². The summed E-state index contributed by atoms with van der Waals surface area (Å²) in [5.74, 6) is -0.149. The van der Waals surface area contributed by atoms with Crippen molar-refractivity contribution in [3.05, 3.63) is 64.6 Å². The molecule has 28 heavy (non-hydrogen) atoms. The van der Waals surface area contributed by atoms with Crippen molar-refractivity contribution in [2.75, 3.05) is 39.8 Å². The number of benzene rings is 2. The Bertz CT molecular complexity index is 896. The van der Waals surface area contributed by atoms with Crippen LogP contribution in [0.2, 0.25) is 0 Å². The molecule has 2 aromatic rings. The number of nitrogens with one attached hydrogen (secondary N) is 1. The van der Waals surface area contributed by atoms with Crippen LogP contribution in [0.25, 0.3) is 0 Å². The lowest BCUT2D eigenvalue weighted by Crippen LogP contribution is -3.12. The number of hydrogen-bond acceptors (Lipinski definition) is 3. The van der Waals surface area contributed by atoms with E-state index in [9.17, 15) is 13.2 Å². The van der Waals surface area contributed by atoms with Gasteiger partial charge in [-0.1, -0.05) is 46.3 Å². The number of amides is 1. The summed E-state index contributed by atoms with van der Waals surface area (Å²) in [7, 11) is -1.70. The Hall–Kier alpha value is -1.74. The number of carbonyl (C=O) groups excluding carboxylic acids is 1. The molecule has 3 rings (SSSR count). The molecule has 150 valence electrons. The van der Waals surface area contributed by atoms with E-state index in [1.165, 1.54) is 9.21 Å². The number of likely N-dealkylation sites (N-methyl/N-ethyl adjacent to an activating group) is 1. The van der Waals surface area contributed by atoms with Crippen LogP contribution in [0, 0.1) is 0 Å². The van der Waals surface area contributed by atoms with Crippen molar-refractivity contribution in [2.24, 2.45) is 0 Å². The molecule has 0 bridgehead atoms. The lowest BCUT2D eigenvalue weighted by atomic mass is 10.2. The van der Waals surface area contributed by atoms with Crippen LogP contribution >= 0.6 is 15.9 Å². The number of piperazine rings is 1. The van der Waals surface area contributed by atoms with Gasteiger partial charge in [0.1, 0.15) is 0 Å². The van der Waals surface area contributed by atoms with Gasteiger partial charge in [-0.3, -0.25) is 4.79 Å². The van der Waals surface area contributed by atoms with Crippen molar-refractivity contribution in [3.8, 4) is 0 Å². The van der Waals surface area contributed by atoms with Crippen molar-refractivity contribution in [2.45, 2.75) is 11.4 Å². The minimum Gasteiger partial charge on any atom is -0.334 e. The second-order valence-corrected chi connectivity index (χ2v) is 9.90. The number of carbonyl (C=O) groups is 1. The van der Waals surface area contributed by atoms with Crippen molar-refractivity contribution in [1.29, 1.82) is 0 Å². The van der Waals surface area contributed by atoms with E-state index in [1.807, 2.05) is 30.3 Å². The van der Waals surface area contributed by atoms with Crippen molar-refractivity contribution >= 4 is 31.9 Å². The van der Waals surface area contributed by atoms with Crippen molar-refractivity contribution in [1.82, 2.24) is 9.21 Å². The molecule has 1 saturated heterocycles. The van der Waals surface area contributed by atoms with Gasteiger partial charge in [-0.05, 0) is 29.8 Å². The largest absolute Gasteiger partial charge is 0.334 e. The molecule has 0 radical (unpaired) electrons.